The van der Waals surface area contributed by atoms with Crippen molar-refractivity contribution in [3.8, 4) is 0 Å². The molecule has 1 fully saturated rings. The molecule has 202 valence electrons. The molecule has 0 spiro atoms. The molecule has 13 nitrogen and oxygen atoms in total. The predicted octanol–water partition coefficient (Wildman–Crippen LogP) is -0.00300. The first-order valence-electron chi connectivity index (χ1n) is 11.5. The van der Waals surface area contributed by atoms with Gasteiger partial charge in [-0.2, -0.15) is 0 Å². The van der Waals surface area contributed by atoms with Crippen LogP contribution < -0.4 is 20.7 Å². The van der Waals surface area contributed by atoms with Crippen LogP contribution in [0, 0.1) is 0 Å². The summed E-state index contributed by atoms with van der Waals surface area (Å²) in [5, 5.41) is 21.3. The van der Waals surface area contributed by atoms with Crippen molar-refractivity contribution < 1.29 is 32.6 Å². The van der Waals surface area contributed by atoms with E-state index in [0.717, 1.165) is 0 Å². The van der Waals surface area contributed by atoms with Gasteiger partial charge in [-0.3, -0.25) is 14.6 Å². The van der Waals surface area contributed by atoms with Crippen molar-refractivity contribution >= 4 is 51.0 Å². The minimum atomic E-state index is -3.82. The van der Waals surface area contributed by atoms with E-state index in [4.69, 9.17) is 15.0 Å². The number of carboxylic acids is 1. The molecule has 4 atom stereocenters. The van der Waals surface area contributed by atoms with E-state index in [-0.39, 0.29) is 23.9 Å². The van der Waals surface area contributed by atoms with Crippen molar-refractivity contribution in [2.75, 3.05) is 11.4 Å². The second-order valence-electron chi connectivity index (χ2n) is 8.74. The molecule has 0 radical (unpaired) electrons. The minimum absolute atomic E-state index is 0.00378. The van der Waals surface area contributed by atoms with Crippen molar-refractivity contribution in [2.24, 2.45) is 10.1 Å². The maximum atomic E-state index is 13.1. The van der Waals surface area contributed by atoms with Gasteiger partial charge in [0.2, 0.25) is 15.9 Å². The molecule has 1 aromatic heterocycles. The number of thiazole rings is 1. The number of nitrogens with zero attached hydrogens (tertiary/aromatic N) is 3. The SMILES string of the molecule is CC1CC=NC(CNC(=O)C(Cc2cscn2)NC(=O)C2OC2C(=O)O)=CN1c1ccc(S(N)(=O)=O)cc1. The summed E-state index contributed by atoms with van der Waals surface area (Å²) in [5.41, 5.74) is 3.43. The standard InChI is InChI=1S/C23H26N6O7S2/c1-13-6-7-25-15(10-29(13)16-2-4-17(5-3-16)38(24,34)35)9-26-21(30)18(8-14-11-37-12-27-14)28-22(31)19-20(36-19)23(32)33/h2-5,7,10-13,18-20H,6,8-9H2,1H3,(H,26,30)(H,28,31)(H,32,33)(H2,24,34,35). The summed E-state index contributed by atoms with van der Waals surface area (Å²) in [4.78, 5) is 47.0. The van der Waals surface area contributed by atoms with Gasteiger partial charge in [0.25, 0.3) is 5.91 Å². The Kier molecular flexibility index (Phi) is 8.20. The van der Waals surface area contributed by atoms with Gasteiger partial charge >= 0.3 is 5.97 Å². The van der Waals surface area contributed by atoms with E-state index in [9.17, 15) is 22.8 Å². The van der Waals surface area contributed by atoms with Gasteiger partial charge in [-0.25, -0.2) is 23.3 Å². The lowest BCUT2D eigenvalue weighted by molar-refractivity contribution is -0.138. The smallest absolute Gasteiger partial charge is 0.336 e. The molecular weight excluding hydrogens is 536 g/mol. The number of carbonyl (C=O) groups excluding carboxylic acids is 2. The van der Waals surface area contributed by atoms with Gasteiger partial charge in [-0.05, 0) is 31.2 Å². The van der Waals surface area contributed by atoms with E-state index in [1.807, 2.05) is 11.8 Å². The quantitative estimate of drug-likeness (QED) is 0.288. The van der Waals surface area contributed by atoms with Crippen LogP contribution in [0.15, 0.2) is 56.9 Å². The number of rotatable bonds is 10. The number of aliphatic carboxylic acids is 1. The van der Waals surface area contributed by atoms with E-state index in [0.29, 0.717) is 23.5 Å². The van der Waals surface area contributed by atoms with Crippen LogP contribution in [-0.4, -0.2) is 73.3 Å². The predicted molar refractivity (Wildman–Crippen MR) is 138 cm³/mol. The summed E-state index contributed by atoms with van der Waals surface area (Å²) in [6.07, 6.45) is 1.81. The van der Waals surface area contributed by atoms with Gasteiger partial charge in [-0.15, -0.1) is 11.3 Å². The van der Waals surface area contributed by atoms with E-state index < -0.39 is 46.1 Å². The minimum Gasteiger partial charge on any atom is -0.479 e. The maximum absolute atomic E-state index is 13.1. The zero-order chi connectivity index (χ0) is 27.4. The highest BCUT2D eigenvalue weighted by atomic mass is 32.2. The second-order valence-corrected chi connectivity index (χ2v) is 11.0. The molecule has 2 aliphatic rings. The average molecular weight is 563 g/mol. The third-order valence-electron chi connectivity index (χ3n) is 5.90. The van der Waals surface area contributed by atoms with Crippen LogP contribution in [0.1, 0.15) is 19.0 Å². The van der Waals surface area contributed by atoms with E-state index in [2.05, 4.69) is 20.6 Å². The average Bonchev–Trinajstić information content (AvgIpc) is 3.57. The Morgan fingerprint density at radius 1 is 1.26 bits per heavy atom. The van der Waals surface area contributed by atoms with E-state index >= 15 is 0 Å². The molecule has 38 heavy (non-hydrogen) atoms. The van der Waals surface area contributed by atoms with E-state index in [1.54, 1.807) is 35.4 Å². The third-order valence-corrected chi connectivity index (χ3v) is 7.46. The van der Waals surface area contributed by atoms with Gasteiger partial charge in [0.05, 0.1) is 28.3 Å². The van der Waals surface area contributed by atoms with Crippen LogP contribution in [-0.2, 0) is 35.6 Å². The van der Waals surface area contributed by atoms with Gasteiger partial charge in [-0.1, -0.05) is 0 Å². The molecule has 5 N–H and O–H groups in total. The highest BCUT2D eigenvalue weighted by Gasteiger charge is 2.51. The Morgan fingerprint density at radius 3 is 2.61 bits per heavy atom. The molecular formula is C23H26N6O7S2. The number of nitrogens with two attached hydrogens (primary N) is 1. The van der Waals surface area contributed by atoms with Gasteiger partial charge in [0.1, 0.15) is 6.04 Å². The molecule has 2 aromatic rings. The number of aromatic nitrogens is 1. The lowest BCUT2D eigenvalue weighted by Gasteiger charge is -2.26. The van der Waals surface area contributed by atoms with Crippen molar-refractivity contribution in [1.29, 1.82) is 0 Å². The number of amides is 2. The summed E-state index contributed by atoms with van der Waals surface area (Å²) >= 11 is 1.34. The Labute approximate surface area is 222 Å². The molecule has 0 saturated carbocycles. The number of hydrogen-bond donors (Lipinski definition) is 4. The molecule has 4 unspecified atom stereocenters. The fourth-order valence-corrected chi connectivity index (χ4v) is 4.88. The number of anilines is 1. The largest absolute Gasteiger partial charge is 0.479 e. The topological polar surface area (TPSA) is 197 Å². The molecule has 0 aliphatic carbocycles. The van der Waals surface area contributed by atoms with Crippen LogP contribution in [0.3, 0.4) is 0 Å². The molecule has 2 aliphatic heterocycles. The van der Waals surface area contributed by atoms with Gasteiger partial charge in [0, 0.05) is 42.4 Å². The number of primary sulfonamides is 1. The zero-order valence-corrected chi connectivity index (χ0v) is 21.8. The van der Waals surface area contributed by atoms with Crippen LogP contribution in [0.4, 0.5) is 5.69 Å². The number of aliphatic imine (C=N–C) groups is 1. The number of ether oxygens (including phenoxy) is 1. The van der Waals surface area contributed by atoms with Crippen LogP contribution in [0.25, 0.3) is 0 Å². The Bertz CT molecular complexity index is 1360. The molecule has 1 saturated heterocycles. The maximum Gasteiger partial charge on any atom is 0.336 e. The Balaban J connectivity index is 1.45. The first-order valence-corrected chi connectivity index (χ1v) is 14.0. The molecule has 3 heterocycles. The van der Waals surface area contributed by atoms with E-state index in [1.165, 1.54) is 23.5 Å². The second kappa shape index (κ2) is 11.4. The van der Waals surface area contributed by atoms with Crippen molar-refractivity contribution in [3.05, 3.63) is 52.7 Å². The molecule has 1 aromatic carbocycles. The Morgan fingerprint density at radius 2 is 2.00 bits per heavy atom. The van der Waals surface area contributed by atoms with Crippen molar-refractivity contribution in [3.63, 3.8) is 0 Å². The van der Waals surface area contributed by atoms with Crippen molar-refractivity contribution in [1.82, 2.24) is 15.6 Å². The van der Waals surface area contributed by atoms with Crippen molar-refractivity contribution in [2.45, 2.75) is 49.0 Å². The lowest BCUT2D eigenvalue weighted by atomic mass is 10.1. The van der Waals surface area contributed by atoms with Gasteiger partial charge < -0.3 is 25.4 Å². The van der Waals surface area contributed by atoms with Gasteiger partial charge in [0.15, 0.2) is 12.2 Å². The number of carboxylic acid groups (broad SMARTS) is 1. The number of epoxide rings is 1. The summed E-state index contributed by atoms with van der Waals surface area (Å²) in [6, 6.07) is 5.09. The third kappa shape index (κ3) is 6.80. The first-order chi connectivity index (χ1) is 18.0. The number of nitrogens with one attached hydrogen (secondary N) is 2. The summed E-state index contributed by atoms with van der Waals surface area (Å²) in [6.45, 7) is 2.01. The number of carbonyl (C=O) groups is 3. The molecule has 0 bridgehead atoms. The van der Waals surface area contributed by atoms with Crippen LogP contribution >= 0.6 is 11.3 Å². The highest BCUT2D eigenvalue weighted by molar-refractivity contribution is 7.89. The summed E-state index contributed by atoms with van der Waals surface area (Å²) < 4.78 is 28.0. The normalized spacial score (nSPS) is 21.7. The molecule has 15 heteroatoms. The summed E-state index contributed by atoms with van der Waals surface area (Å²) in [5.74, 6) is -2.44. The van der Waals surface area contributed by atoms with Crippen LogP contribution in [0.2, 0.25) is 0 Å². The lowest BCUT2D eigenvalue weighted by Crippen LogP contribution is -2.50. The number of hydrogen-bond acceptors (Lipinski definition) is 10. The fraction of sp³-hybridized carbons (Fsp3) is 0.348. The van der Waals surface area contributed by atoms with Crippen LogP contribution in [0.5, 0.6) is 0 Å². The monoisotopic (exact) mass is 562 g/mol. The zero-order valence-electron chi connectivity index (χ0n) is 20.2. The number of sulfonamides is 1. The Hall–Kier alpha value is -3.66. The first kappa shape index (κ1) is 27.4. The summed E-state index contributed by atoms with van der Waals surface area (Å²) in [7, 11) is -3.82. The molecule has 4 rings (SSSR count). The fourth-order valence-electron chi connectivity index (χ4n) is 3.80. The number of benzene rings is 1. The molecule has 2 amide bonds. The highest BCUT2D eigenvalue weighted by Crippen LogP contribution is 2.24.